The largest absolute Gasteiger partial charge is 0.493 e. The van der Waals surface area contributed by atoms with Crippen LogP contribution in [0.4, 0.5) is 0 Å². The number of ether oxygens (including phenoxy) is 1. The van der Waals surface area contributed by atoms with Gasteiger partial charge in [-0.3, -0.25) is 4.98 Å². The van der Waals surface area contributed by atoms with Gasteiger partial charge in [-0.2, -0.15) is 0 Å². The van der Waals surface area contributed by atoms with Crippen molar-refractivity contribution in [2.45, 2.75) is 6.92 Å². The van der Waals surface area contributed by atoms with E-state index in [0.29, 0.717) is 31.7 Å². The minimum Gasteiger partial charge on any atom is -0.493 e. The molecule has 2 nitrogen and oxygen atoms in total. The molecule has 16 heavy (non-hydrogen) atoms. The summed E-state index contributed by atoms with van der Waals surface area (Å²) in [4.78, 5) is 4.26. The fraction of sp³-hybridized carbons (Fsp3) is 0.182. The second-order valence-electron chi connectivity index (χ2n) is 3.35. The van der Waals surface area contributed by atoms with Crippen LogP contribution in [-0.2, 0) is 0 Å². The van der Waals surface area contributed by atoms with Crippen molar-refractivity contribution < 1.29 is 4.74 Å². The number of nitrogens with zero attached hydrogens (tertiary/aromatic N) is 1. The number of rotatable bonds is 1. The zero-order valence-electron chi connectivity index (χ0n) is 8.64. The van der Waals surface area contributed by atoms with E-state index in [1.807, 2.05) is 6.92 Å². The lowest BCUT2D eigenvalue weighted by molar-refractivity contribution is 0.419. The van der Waals surface area contributed by atoms with Crippen molar-refractivity contribution in [2.24, 2.45) is 0 Å². The fourth-order valence-electron chi connectivity index (χ4n) is 1.53. The zero-order chi connectivity index (χ0) is 11.9. The average Bonchev–Trinajstić information content (AvgIpc) is 2.23. The van der Waals surface area contributed by atoms with Gasteiger partial charge in [-0.05, 0) is 18.6 Å². The number of hydrogen-bond acceptors (Lipinski definition) is 2. The third-order valence-electron chi connectivity index (χ3n) is 2.32. The van der Waals surface area contributed by atoms with E-state index in [2.05, 4.69) is 4.98 Å². The van der Waals surface area contributed by atoms with Gasteiger partial charge in [-0.1, -0.05) is 34.8 Å². The monoisotopic (exact) mass is 275 g/mol. The summed E-state index contributed by atoms with van der Waals surface area (Å²) in [6, 6.07) is 1.61. The molecule has 0 N–H and O–H groups in total. The van der Waals surface area contributed by atoms with Gasteiger partial charge in [0.05, 0.1) is 22.2 Å². The van der Waals surface area contributed by atoms with Gasteiger partial charge in [-0.15, -0.1) is 0 Å². The lowest BCUT2D eigenvalue weighted by atomic mass is 10.1. The van der Waals surface area contributed by atoms with E-state index in [9.17, 15) is 0 Å². The van der Waals surface area contributed by atoms with E-state index in [1.165, 1.54) is 7.11 Å². The lowest BCUT2D eigenvalue weighted by Gasteiger charge is -2.10. The Morgan fingerprint density at radius 3 is 2.50 bits per heavy atom. The number of hydrogen-bond donors (Lipinski definition) is 0. The van der Waals surface area contributed by atoms with Crippen LogP contribution in [0, 0.1) is 6.92 Å². The molecule has 0 aliphatic rings. The third kappa shape index (κ3) is 1.71. The average molecular weight is 277 g/mol. The molecule has 2 aromatic rings. The second kappa shape index (κ2) is 4.28. The molecule has 0 spiro atoms. The van der Waals surface area contributed by atoms with E-state index in [-0.39, 0.29) is 0 Å². The van der Waals surface area contributed by atoms with E-state index in [4.69, 9.17) is 39.5 Å². The van der Waals surface area contributed by atoms with Gasteiger partial charge >= 0.3 is 0 Å². The highest BCUT2D eigenvalue weighted by Crippen LogP contribution is 2.40. The van der Waals surface area contributed by atoms with E-state index >= 15 is 0 Å². The molecule has 2 rings (SSSR count). The number of aromatic nitrogens is 1. The first-order valence-electron chi connectivity index (χ1n) is 4.53. The molecule has 0 radical (unpaired) electrons. The maximum atomic E-state index is 6.19. The quantitative estimate of drug-likeness (QED) is 0.764. The van der Waals surface area contributed by atoms with Crippen LogP contribution >= 0.6 is 34.8 Å². The van der Waals surface area contributed by atoms with E-state index < -0.39 is 0 Å². The molecule has 0 saturated carbocycles. The third-order valence-corrected chi connectivity index (χ3v) is 3.38. The Hall–Kier alpha value is -0.700. The van der Waals surface area contributed by atoms with Gasteiger partial charge in [0.1, 0.15) is 5.52 Å². The summed E-state index contributed by atoms with van der Waals surface area (Å²) in [5, 5.41) is 2.14. The minimum absolute atomic E-state index is 0.424. The van der Waals surface area contributed by atoms with Gasteiger partial charge in [0.25, 0.3) is 0 Å². The highest BCUT2D eigenvalue weighted by molar-refractivity contribution is 6.44. The standard InChI is InChI=1S/C11H8Cl3NO/c1-5-4-15-10-8(9(5)14)6(12)3-7(13)11(10)16-2/h3-4H,1-2H3. The van der Waals surface area contributed by atoms with Crippen LogP contribution in [0.25, 0.3) is 10.9 Å². The highest BCUT2D eigenvalue weighted by atomic mass is 35.5. The predicted octanol–water partition coefficient (Wildman–Crippen LogP) is 4.51. The molecule has 1 heterocycles. The number of aryl methyl sites for hydroxylation is 1. The Morgan fingerprint density at radius 1 is 1.19 bits per heavy atom. The number of methoxy groups -OCH3 is 1. The summed E-state index contributed by atoms with van der Waals surface area (Å²) in [5.41, 5.74) is 1.44. The molecule has 0 unspecified atom stereocenters. The van der Waals surface area contributed by atoms with Gasteiger partial charge in [0.15, 0.2) is 5.75 Å². The van der Waals surface area contributed by atoms with Crippen molar-refractivity contribution in [3.63, 3.8) is 0 Å². The van der Waals surface area contributed by atoms with Crippen molar-refractivity contribution in [3.8, 4) is 5.75 Å². The van der Waals surface area contributed by atoms with Gasteiger partial charge in [0, 0.05) is 11.6 Å². The summed E-state index contributed by atoms with van der Waals surface area (Å²) < 4.78 is 5.20. The maximum Gasteiger partial charge on any atom is 0.163 e. The summed E-state index contributed by atoms with van der Waals surface area (Å²) in [7, 11) is 1.53. The van der Waals surface area contributed by atoms with Crippen LogP contribution in [0.1, 0.15) is 5.56 Å². The summed E-state index contributed by atoms with van der Waals surface area (Å²) in [6.07, 6.45) is 1.67. The summed E-state index contributed by atoms with van der Waals surface area (Å²) in [6.45, 7) is 1.87. The van der Waals surface area contributed by atoms with Crippen LogP contribution in [0.2, 0.25) is 15.1 Å². The van der Waals surface area contributed by atoms with E-state index in [0.717, 1.165) is 5.56 Å². The van der Waals surface area contributed by atoms with Crippen LogP contribution in [-0.4, -0.2) is 12.1 Å². The molecule has 1 aromatic carbocycles. The van der Waals surface area contributed by atoms with Crippen molar-refractivity contribution >= 4 is 45.7 Å². The number of pyridine rings is 1. The molecule has 0 bridgehead atoms. The molecule has 5 heteroatoms. The van der Waals surface area contributed by atoms with Crippen LogP contribution in [0.5, 0.6) is 5.75 Å². The van der Waals surface area contributed by atoms with Crippen molar-refractivity contribution in [2.75, 3.05) is 7.11 Å². The lowest BCUT2D eigenvalue weighted by Crippen LogP contribution is -1.92. The van der Waals surface area contributed by atoms with Crippen LogP contribution < -0.4 is 4.74 Å². The van der Waals surface area contributed by atoms with Crippen molar-refractivity contribution in [3.05, 3.63) is 32.9 Å². The first kappa shape index (κ1) is 11.8. The van der Waals surface area contributed by atoms with E-state index in [1.54, 1.807) is 12.3 Å². The Labute approximate surface area is 108 Å². The first-order valence-corrected chi connectivity index (χ1v) is 5.66. The van der Waals surface area contributed by atoms with Crippen LogP contribution in [0.3, 0.4) is 0 Å². The first-order chi connectivity index (χ1) is 7.56. The molecule has 1 aromatic heterocycles. The Bertz CT molecular complexity index is 569. The second-order valence-corrected chi connectivity index (χ2v) is 4.54. The molecule has 84 valence electrons. The summed E-state index contributed by atoms with van der Waals surface area (Å²) in [5.74, 6) is 0.489. The zero-order valence-corrected chi connectivity index (χ0v) is 10.9. The van der Waals surface area contributed by atoms with Crippen molar-refractivity contribution in [1.82, 2.24) is 4.98 Å². The van der Waals surface area contributed by atoms with Gasteiger partial charge in [-0.25, -0.2) is 0 Å². The minimum atomic E-state index is 0.424. The number of fused-ring (bicyclic) bond motifs is 1. The fourth-order valence-corrected chi connectivity index (χ4v) is 2.44. The topological polar surface area (TPSA) is 22.1 Å². The molecular weight excluding hydrogens is 268 g/mol. The SMILES string of the molecule is COc1c(Cl)cc(Cl)c2c(Cl)c(C)cnc12. The molecule has 0 aliphatic heterocycles. The Balaban J connectivity index is 2.98. The predicted molar refractivity (Wildman–Crippen MR) is 68.1 cm³/mol. The smallest absolute Gasteiger partial charge is 0.163 e. The Morgan fingerprint density at radius 2 is 1.88 bits per heavy atom. The molecule has 0 fully saturated rings. The van der Waals surface area contributed by atoms with Gasteiger partial charge in [0.2, 0.25) is 0 Å². The number of benzene rings is 1. The van der Waals surface area contributed by atoms with Crippen LogP contribution in [0.15, 0.2) is 12.3 Å². The summed E-state index contributed by atoms with van der Waals surface area (Å²) >= 11 is 18.3. The van der Waals surface area contributed by atoms with Gasteiger partial charge < -0.3 is 4.74 Å². The molecule has 0 saturated heterocycles. The molecular formula is C11H8Cl3NO. The Kier molecular flexibility index (Phi) is 3.15. The maximum absolute atomic E-state index is 6.19. The molecule has 0 aliphatic carbocycles. The van der Waals surface area contributed by atoms with Crippen molar-refractivity contribution in [1.29, 1.82) is 0 Å². The molecule has 0 atom stereocenters. The molecule has 0 amide bonds. The number of halogens is 3. The highest BCUT2D eigenvalue weighted by Gasteiger charge is 2.15. The normalized spacial score (nSPS) is 10.8.